The summed E-state index contributed by atoms with van der Waals surface area (Å²) in [6.07, 6.45) is 0. The third-order valence-electron chi connectivity index (χ3n) is 3.28. The van der Waals surface area contributed by atoms with Crippen molar-refractivity contribution in [3.05, 3.63) is 40.9 Å². The lowest BCUT2D eigenvalue weighted by molar-refractivity contribution is 0.324. The highest BCUT2D eigenvalue weighted by Gasteiger charge is 2.19. The number of para-hydroxylation sites is 2. The molecule has 2 aromatic carbocycles. The Morgan fingerprint density at radius 1 is 1.15 bits per heavy atom. The number of nitrogens with one attached hydrogen (secondary N) is 1. The second-order valence-electron chi connectivity index (χ2n) is 4.56. The summed E-state index contributed by atoms with van der Waals surface area (Å²) in [4.78, 5) is 4.55. The summed E-state index contributed by atoms with van der Waals surface area (Å²) in [6, 6.07) is 11.7. The van der Waals surface area contributed by atoms with Crippen molar-refractivity contribution in [2.24, 2.45) is 0 Å². The first-order valence-electron chi connectivity index (χ1n) is 6.38. The van der Waals surface area contributed by atoms with Gasteiger partial charge in [0.15, 0.2) is 11.3 Å². The van der Waals surface area contributed by atoms with Gasteiger partial charge < -0.3 is 14.5 Å². The minimum Gasteiger partial charge on any atom is -0.489 e. The van der Waals surface area contributed by atoms with E-state index in [0.29, 0.717) is 12.5 Å². The molecule has 1 aliphatic heterocycles. The Morgan fingerprint density at radius 2 is 2.05 bits per heavy atom. The summed E-state index contributed by atoms with van der Waals surface area (Å²) in [7, 11) is 0. The smallest absolute Gasteiger partial charge is 0.231 e. The number of halogens is 1. The normalized spacial score (nSPS) is 13.7. The molecule has 0 aliphatic carbocycles. The minimum absolute atomic E-state index is 0.576. The van der Waals surface area contributed by atoms with Gasteiger partial charge in [0, 0.05) is 6.54 Å². The fraction of sp³-hybridized carbons (Fsp3) is 0.133. The fourth-order valence-corrected chi connectivity index (χ4v) is 2.81. The molecule has 0 bridgehead atoms. The number of fused-ring (bicyclic) bond motifs is 2. The number of aromatic nitrogens is 1. The topological polar surface area (TPSA) is 47.3 Å². The van der Waals surface area contributed by atoms with Crippen molar-refractivity contribution in [3.8, 4) is 17.2 Å². The molecule has 1 aliphatic rings. The third-order valence-corrected chi connectivity index (χ3v) is 3.90. The van der Waals surface area contributed by atoms with Gasteiger partial charge in [0.2, 0.25) is 5.89 Å². The maximum atomic E-state index is 5.89. The molecule has 1 aromatic heterocycles. The molecule has 2 heterocycles. The monoisotopic (exact) mass is 330 g/mol. The van der Waals surface area contributed by atoms with Crippen molar-refractivity contribution in [2.45, 2.75) is 0 Å². The Bertz CT molecular complexity index is 798. The number of benzene rings is 2. The number of hydrogen-bond acceptors (Lipinski definition) is 4. The lowest BCUT2D eigenvalue weighted by atomic mass is 10.1. The molecule has 4 nitrogen and oxygen atoms in total. The number of oxazole rings is 1. The summed E-state index contributed by atoms with van der Waals surface area (Å²) >= 11 is 3.48. The second kappa shape index (κ2) is 4.52. The van der Waals surface area contributed by atoms with E-state index in [9.17, 15) is 0 Å². The molecule has 100 valence electrons. The van der Waals surface area contributed by atoms with Crippen LogP contribution in [0.4, 0.5) is 5.69 Å². The van der Waals surface area contributed by atoms with Gasteiger partial charge in [-0.15, -0.1) is 0 Å². The summed E-state index contributed by atoms with van der Waals surface area (Å²) in [5, 5.41) is 3.31. The predicted octanol–water partition coefficient (Wildman–Crippen LogP) is 4.06. The first kappa shape index (κ1) is 11.8. The Labute approximate surface area is 123 Å². The number of hydrogen-bond donors (Lipinski definition) is 1. The summed E-state index contributed by atoms with van der Waals surface area (Å²) in [6.45, 7) is 1.46. The van der Waals surface area contributed by atoms with E-state index < -0.39 is 0 Å². The molecule has 0 radical (unpaired) electrons. The first-order valence-corrected chi connectivity index (χ1v) is 7.17. The van der Waals surface area contributed by atoms with Crippen molar-refractivity contribution in [2.75, 3.05) is 18.5 Å². The van der Waals surface area contributed by atoms with Gasteiger partial charge in [0.1, 0.15) is 12.1 Å². The standard InChI is InChI=1S/C15H11BrN2O2/c16-10-4-2-6-12-14(10)20-15(18-12)9-3-1-5-11-13(9)19-8-7-17-11/h1-6,17H,7-8H2. The van der Waals surface area contributed by atoms with Crippen LogP contribution in [-0.4, -0.2) is 18.1 Å². The lowest BCUT2D eigenvalue weighted by Gasteiger charge is -2.20. The molecule has 0 spiro atoms. The number of rotatable bonds is 1. The van der Waals surface area contributed by atoms with Crippen LogP contribution in [0.1, 0.15) is 0 Å². The Kier molecular flexibility index (Phi) is 2.67. The second-order valence-corrected chi connectivity index (χ2v) is 5.42. The van der Waals surface area contributed by atoms with Gasteiger partial charge in [0.05, 0.1) is 15.7 Å². The SMILES string of the molecule is Brc1cccc2nc(-c3cccc4c3OCCN4)oc12. The number of ether oxygens (including phenoxy) is 1. The van der Waals surface area contributed by atoms with E-state index in [1.807, 2.05) is 36.4 Å². The van der Waals surface area contributed by atoms with E-state index in [1.54, 1.807) is 0 Å². The average molecular weight is 331 g/mol. The molecular weight excluding hydrogens is 320 g/mol. The number of anilines is 1. The van der Waals surface area contributed by atoms with Gasteiger partial charge in [-0.2, -0.15) is 0 Å². The Balaban J connectivity index is 1.93. The summed E-state index contributed by atoms with van der Waals surface area (Å²) in [5.41, 5.74) is 3.44. The Hall–Kier alpha value is -2.01. The van der Waals surface area contributed by atoms with Crippen molar-refractivity contribution < 1.29 is 9.15 Å². The van der Waals surface area contributed by atoms with Gasteiger partial charge >= 0.3 is 0 Å². The predicted molar refractivity (Wildman–Crippen MR) is 81.1 cm³/mol. The molecule has 1 N–H and O–H groups in total. The van der Waals surface area contributed by atoms with Crippen LogP contribution >= 0.6 is 15.9 Å². The van der Waals surface area contributed by atoms with E-state index >= 15 is 0 Å². The maximum Gasteiger partial charge on any atom is 0.231 e. The highest BCUT2D eigenvalue weighted by atomic mass is 79.9. The van der Waals surface area contributed by atoms with Crippen molar-refractivity contribution >= 4 is 32.7 Å². The van der Waals surface area contributed by atoms with Crippen LogP contribution in [0.15, 0.2) is 45.3 Å². The first-order chi connectivity index (χ1) is 9.83. The van der Waals surface area contributed by atoms with Crippen molar-refractivity contribution in [3.63, 3.8) is 0 Å². The zero-order chi connectivity index (χ0) is 13.5. The summed E-state index contributed by atoms with van der Waals surface area (Å²) < 4.78 is 12.5. The molecule has 4 rings (SSSR count). The van der Waals surface area contributed by atoms with E-state index in [-0.39, 0.29) is 0 Å². The third kappa shape index (κ3) is 1.78. The quantitative estimate of drug-likeness (QED) is 0.730. The molecule has 5 heteroatoms. The highest BCUT2D eigenvalue weighted by molar-refractivity contribution is 9.10. The van der Waals surface area contributed by atoms with Crippen LogP contribution in [0.5, 0.6) is 5.75 Å². The van der Waals surface area contributed by atoms with Crippen LogP contribution in [0.25, 0.3) is 22.6 Å². The molecule has 0 amide bonds. The average Bonchev–Trinajstić information content (AvgIpc) is 2.92. The van der Waals surface area contributed by atoms with Gasteiger partial charge in [-0.3, -0.25) is 0 Å². The molecule has 0 atom stereocenters. The van der Waals surface area contributed by atoms with Gasteiger partial charge in [0.25, 0.3) is 0 Å². The lowest BCUT2D eigenvalue weighted by Crippen LogP contribution is -2.18. The molecule has 3 aromatic rings. The van der Waals surface area contributed by atoms with Crippen LogP contribution < -0.4 is 10.1 Å². The molecule has 20 heavy (non-hydrogen) atoms. The fourth-order valence-electron chi connectivity index (χ4n) is 2.37. The van der Waals surface area contributed by atoms with Gasteiger partial charge in [-0.1, -0.05) is 12.1 Å². The Morgan fingerprint density at radius 3 is 2.95 bits per heavy atom. The molecule has 0 fully saturated rings. The highest BCUT2D eigenvalue weighted by Crippen LogP contribution is 2.39. The maximum absolute atomic E-state index is 5.89. The molecular formula is C15H11BrN2O2. The van der Waals surface area contributed by atoms with Crippen molar-refractivity contribution in [1.29, 1.82) is 0 Å². The zero-order valence-electron chi connectivity index (χ0n) is 10.5. The van der Waals surface area contributed by atoms with Crippen LogP contribution in [0.3, 0.4) is 0 Å². The van der Waals surface area contributed by atoms with Crippen LogP contribution in [0.2, 0.25) is 0 Å². The largest absolute Gasteiger partial charge is 0.489 e. The van der Waals surface area contributed by atoms with E-state index in [1.165, 1.54) is 0 Å². The molecule has 0 saturated heterocycles. The van der Waals surface area contributed by atoms with E-state index in [2.05, 4.69) is 26.2 Å². The van der Waals surface area contributed by atoms with E-state index in [4.69, 9.17) is 9.15 Å². The zero-order valence-corrected chi connectivity index (χ0v) is 12.1. The summed E-state index contributed by atoms with van der Waals surface area (Å²) in [5.74, 6) is 1.38. The van der Waals surface area contributed by atoms with Gasteiger partial charge in [-0.05, 0) is 40.2 Å². The number of nitrogens with zero attached hydrogens (tertiary/aromatic N) is 1. The minimum atomic E-state index is 0.576. The van der Waals surface area contributed by atoms with Gasteiger partial charge in [-0.25, -0.2) is 4.98 Å². The molecule has 0 saturated carbocycles. The molecule has 0 unspecified atom stereocenters. The van der Waals surface area contributed by atoms with Crippen LogP contribution in [0, 0.1) is 0 Å². The van der Waals surface area contributed by atoms with Crippen molar-refractivity contribution in [1.82, 2.24) is 4.98 Å². The van der Waals surface area contributed by atoms with Crippen LogP contribution in [-0.2, 0) is 0 Å². The van der Waals surface area contributed by atoms with E-state index in [0.717, 1.165) is 39.1 Å².